The number of thiazole rings is 1. The van der Waals surface area contributed by atoms with E-state index in [0.717, 1.165) is 52.8 Å². The van der Waals surface area contributed by atoms with Crippen molar-refractivity contribution >= 4 is 38.5 Å². The average molecular weight is 412 g/mol. The molecule has 2 amide bonds. The standard InChI is InChI=1S/C23H29N3O2S/c1-13-5-14(2)20-18(6-13)29-22(26-20)25-19(27)3-4-24-21(28)23-10-15-7-16(11-23)9-17(8-15)12-23/h5-6,15-17H,3-4,7-12H2,1-2H3,(H,24,28)(H,25,26,27). The molecular weight excluding hydrogens is 382 g/mol. The summed E-state index contributed by atoms with van der Waals surface area (Å²) in [7, 11) is 0. The van der Waals surface area contributed by atoms with Gasteiger partial charge < -0.3 is 10.6 Å². The highest BCUT2D eigenvalue weighted by molar-refractivity contribution is 7.22. The fourth-order valence-corrected chi connectivity index (χ4v) is 7.53. The van der Waals surface area contributed by atoms with Gasteiger partial charge in [0.1, 0.15) is 0 Å². The van der Waals surface area contributed by atoms with Crippen LogP contribution >= 0.6 is 11.3 Å². The van der Waals surface area contributed by atoms with Crippen molar-refractivity contribution in [3.05, 3.63) is 23.3 Å². The summed E-state index contributed by atoms with van der Waals surface area (Å²) in [5, 5.41) is 6.62. The van der Waals surface area contributed by atoms with E-state index in [9.17, 15) is 9.59 Å². The second kappa shape index (κ2) is 7.08. The fraction of sp³-hybridized carbons (Fsp3) is 0.609. The number of hydrogen-bond acceptors (Lipinski definition) is 4. The van der Waals surface area contributed by atoms with Crippen LogP contribution in [0.4, 0.5) is 5.13 Å². The molecule has 4 aliphatic carbocycles. The summed E-state index contributed by atoms with van der Waals surface area (Å²) in [6.45, 7) is 4.51. The molecule has 2 aromatic rings. The zero-order valence-electron chi connectivity index (χ0n) is 17.2. The lowest BCUT2D eigenvalue weighted by molar-refractivity contribution is -0.146. The lowest BCUT2D eigenvalue weighted by atomic mass is 9.49. The highest BCUT2D eigenvalue weighted by Gasteiger charge is 2.54. The number of aryl methyl sites for hydroxylation is 2. The number of nitrogens with zero attached hydrogens (tertiary/aromatic N) is 1. The Morgan fingerprint density at radius 2 is 1.76 bits per heavy atom. The van der Waals surface area contributed by atoms with Crippen LogP contribution in [0.15, 0.2) is 12.1 Å². The molecule has 0 aliphatic heterocycles. The van der Waals surface area contributed by atoms with E-state index in [2.05, 4.69) is 34.7 Å². The molecule has 2 N–H and O–H groups in total. The molecular formula is C23H29N3O2S. The Balaban J connectivity index is 1.16. The number of benzene rings is 1. The molecule has 154 valence electrons. The third-order valence-electron chi connectivity index (χ3n) is 7.23. The predicted molar refractivity (Wildman–Crippen MR) is 116 cm³/mol. The van der Waals surface area contributed by atoms with Gasteiger partial charge in [0.05, 0.1) is 10.2 Å². The van der Waals surface area contributed by atoms with Crippen LogP contribution in [0.3, 0.4) is 0 Å². The van der Waals surface area contributed by atoms with Gasteiger partial charge in [-0.05, 0) is 87.3 Å². The number of rotatable bonds is 5. The zero-order chi connectivity index (χ0) is 20.2. The Kier molecular flexibility index (Phi) is 4.65. The SMILES string of the molecule is Cc1cc(C)c2nc(NC(=O)CCNC(=O)C34CC5CC(CC(C5)C3)C4)sc2c1. The molecule has 0 atom stereocenters. The van der Waals surface area contributed by atoms with Crippen molar-refractivity contribution in [3.8, 4) is 0 Å². The molecule has 4 saturated carbocycles. The first-order valence-electron chi connectivity index (χ1n) is 10.9. The summed E-state index contributed by atoms with van der Waals surface area (Å²) in [6.07, 6.45) is 7.44. The lowest BCUT2D eigenvalue weighted by Crippen LogP contribution is -2.53. The summed E-state index contributed by atoms with van der Waals surface area (Å²) in [6, 6.07) is 4.20. The zero-order valence-corrected chi connectivity index (χ0v) is 18.0. The van der Waals surface area contributed by atoms with Gasteiger partial charge in [-0.2, -0.15) is 0 Å². The Morgan fingerprint density at radius 1 is 1.10 bits per heavy atom. The number of carbonyl (C=O) groups excluding carboxylic acids is 2. The Morgan fingerprint density at radius 3 is 2.41 bits per heavy atom. The molecule has 5 nitrogen and oxygen atoms in total. The van der Waals surface area contributed by atoms with Gasteiger partial charge in [0, 0.05) is 18.4 Å². The van der Waals surface area contributed by atoms with E-state index in [0.29, 0.717) is 11.7 Å². The van der Waals surface area contributed by atoms with Gasteiger partial charge in [0.15, 0.2) is 5.13 Å². The molecule has 0 radical (unpaired) electrons. The van der Waals surface area contributed by atoms with Crippen LogP contribution < -0.4 is 10.6 Å². The second-order valence-corrected chi connectivity index (χ2v) is 10.7. The minimum Gasteiger partial charge on any atom is -0.355 e. The molecule has 0 spiro atoms. The van der Waals surface area contributed by atoms with Crippen LogP contribution in [0.25, 0.3) is 10.2 Å². The van der Waals surface area contributed by atoms with Gasteiger partial charge >= 0.3 is 0 Å². The minimum atomic E-state index is -0.145. The first kappa shape index (κ1) is 19.0. The van der Waals surface area contributed by atoms with E-state index in [1.807, 2.05) is 6.92 Å². The Labute approximate surface area is 175 Å². The largest absolute Gasteiger partial charge is 0.355 e. The van der Waals surface area contributed by atoms with Crippen LogP contribution in [0.2, 0.25) is 0 Å². The van der Waals surface area contributed by atoms with Crippen LogP contribution in [-0.4, -0.2) is 23.3 Å². The minimum absolute atomic E-state index is 0.0933. The molecule has 4 aliphatic rings. The average Bonchev–Trinajstić information content (AvgIpc) is 3.03. The van der Waals surface area contributed by atoms with E-state index in [1.165, 1.54) is 36.2 Å². The third kappa shape index (κ3) is 3.56. The lowest BCUT2D eigenvalue weighted by Gasteiger charge is -2.55. The number of hydrogen-bond donors (Lipinski definition) is 2. The second-order valence-electron chi connectivity index (χ2n) is 9.70. The van der Waals surface area contributed by atoms with Crippen molar-refractivity contribution in [1.29, 1.82) is 0 Å². The van der Waals surface area contributed by atoms with E-state index in [-0.39, 0.29) is 23.7 Å². The molecule has 6 heteroatoms. The molecule has 6 rings (SSSR count). The summed E-state index contributed by atoms with van der Waals surface area (Å²) >= 11 is 1.50. The number of carbonyl (C=O) groups is 2. The Bertz CT molecular complexity index is 945. The van der Waals surface area contributed by atoms with Crippen LogP contribution in [0.5, 0.6) is 0 Å². The van der Waals surface area contributed by atoms with E-state index >= 15 is 0 Å². The smallest absolute Gasteiger partial charge is 0.227 e. The van der Waals surface area contributed by atoms with Crippen molar-refractivity contribution in [2.75, 3.05) is 11.9 Å². The molecule has 0 unspecified atom stereocenters. The van der Waals surface area contributed by atoms with Gasteiger partial charge in [-0.25, -0.2) is 4.98 Å². The molecule has 4 bridgehead atoms. The van der Waals surface area contributed by atoms with Gasteiger partial charge in [0.2, 0.25) is 11.8 Å². The van der Waals surface area contributed by atoms with Crippen LogP contribution in [-0.2, 0) is 9.59 Å². The number of aromatic nitrogens is 1. The molecule has 1 aromatic heterocycles. The summed E-state index contributed by atoms with van der Waals surface area (Å²) < 4.78 is 1.09. The Hall–Kier alpha value is -1.95. The summed E-state index contributed by atoms with van der Waals surface area (Å²) in [4.78, 5) is 29.9. The van der Waals surface area contributed by atoms with E-state index in [1.54, 1.807) is 0 Å². The van der Waals surface area contributed by atoms with Crippen molar-refractivity contribution in [1.82, 2.24) is 10.3 Å². The first-order valence-corrected chi connectivity index (χ1v) is 11.7. The molecule has 29 heavy (non-hydrogen) atoms. The number of fused-ring (bicyclic) bond motifs is 1. The van der Waals surface area contributed by atoms with Gasteiger partial charge in [-0.3, -0.25) is 9.59 Å². The van der Waals surface area contributed by atoms with Crippen molar-refractivity contribution < 1.29 is 9.59 Å². The van der Waals surface area contributed by atoms with Gasteiger partial charge in [-0.15, -0.1) is 0 Å². The van der Waals surface area contributed by atoms with Gasteiger partial charge in [-0.1, -0.05) is 17.4 Å². The van der Waals surface area contributed by atoms with E-state index in [4.69, 9.17) is 0 Å². The number of nitrogens with one attached hydrogen (secondary N) is 2. The third-order valence-corrected chi connectivity index (χ3v) is 8.15. The summed E-state index contributed by atoms with van der Waals surface area (Å²) in [5.74, 6) is 2.35. The number of anilines is 1. The topological polar surface area (TPSA) is 71.1 Å². The predicted octanol–water partition coefficient (Wildman–Crippen LogP) is 4.57. The highest BCUT2D eigenvalue weighted by atomic mass is 32.1. The van der Waals surface area contributed by atoms with Crippen LogP contribution in [0, 0.1) is 37.0 Å². The molecule has 4 fully saturated rings. The first-order chi connectivity index (χ1) is 13.9. The van der Waals surface area contributed by atoms with Crippen molar-refractivity contribution in [3.63, 3.8) is 0 Å². The van der Waals surface area contributed by atoms with Crippen molar-refractivity contribution in [2.45, 2.75) is 58.8 Å². The van der Waals surface area contributed by atoms with Crippen LogP contribution in [0.1, 0.15) is 56.1 Å². The fourth-order valence-electron chi connectivity index (χ4n) is 6.47. The maximum Gasteiger partial charge on any atom is 0.227 e. The highest BCUT2D eigenvalue weighted by Crippen LogP contribution is 2.60. The maximum absolute atomic E-state index is 13.0. The quantitative estimate of drug-likeness (QED) is 0.757. The maximum atomic E-state index is 13.0. The monoisotopic (exact) mass is 411 g/mol. The van der Waals surface area contributed by atoms with Crippen molar-refractivity contribution in [2.24, 2.45) is 23.2 Å². The molecule has 1 aromatic carbocycles. The summed E-state index contributed by atoms with van der Waals surface area (Å²) in [5.41, 5.74) is 3.13. The van der Waals surface area contributed by atoms with E-state index < -0.39 is 0 Å². The molecule has 1 heterocycles. The normalized spacial score (nSPS) is 29.9. The number of amides is 2. The molecule has 0 saturated heterocycles. The van der Waals surface area contributed by atoms with Gasteiger partial charge in [0.25, 0.3) is 0 Å².